The van der Waals surface area contributed by atoms with E-state index in [1.807, 2.05) is 53.3 Å². The van der Waals surface area contributed by atoms with E-state index in [0.717, 1.165) is 13.1 Å². The molecule has 0 unspecified atom stereocenters. The average molecular weight is 408 g/mol. The first-order valence-electron chi connectivity index (χ1n) is 10.7. The Labute approximate surface area is 174 Å². The van der Waals surface area contributed by atoms with E-state index >= 15 is 0 Å². The van der Waals surface area contributed by atoms with Crippen LogP contribution in [0.15, 0.2) is 0 Å². The van der Waals surface area contributed by atoms with E-state index in [9.17, 15) is 9.59 Å². The van der Waals surface area contributed by atoms with Crippen LogP contribution in [0.1, 0.15) is 88.0 Å². The number of hydrogen-bond acceptors (Lipinski definition) is 4. The van der Waals surface area contributed by atoms with Gasteiger partial charge in [0.15, 0.2) is 5.78 Å². The lowest BCUT2D eigenvalue weighted by molar-refractivity contribution is -0.121. The summed E-state index contributed by atoms with van der Waals surface area (Å²) in [6.45, 7) is 19.2. The van der Waals surface area contributed by atoms with Crippen molar-refractivity contribution in [3.63, 3.8) is 0 Å². The van der Waals surface area contributed by atoms with E-state index in [1.165, 1.54) is 38.4 Å². The molecular formula is C21H49N3O2S. The number of rotatable bonds is 12. The van der Waals surface area contributed by atoms with Gasteiger partial charge < -0.3 is 16.0 Å². The van der Waals surface area contributed by atoms with E-state index in [1.54, 1.807) is 13.8 Å². The largest absolute Gasteiger partial charge is 0.337 e. The third kappa shape index (κ3) is 27.6. The van der Waals surface area contributed by atoms with Crippen LogP contribution in [-0.2, 0) is 4.79 Å². The molecule has 0 radical (unpaired) electrons. The van der Waals surface area contributed by atoms with Gasteiger partial charge in [0.05, 0.1) is 5.54 Å². The van der Waals surface area contributed by atoms with Gasteiger partial charge in [-0.1, -0.05) is 54.4 Å². The second-order valence-corrected chi connectivity index (χ2v) is 6.70. The van der Waals surface area contributed by atoms with Crippen LogP contribution >= 0.6 is 11.8 Å². The first kappa shape index (κ1) is 33.8. The molecule has 0 aromatic rings. The molecule has 3 N–H and O–H groups in total. The Morgan fingerprint density at radius 1 is 0.815 bits per heavy atom. The normalized spacial score (nSPS) is 9.41. The van der Waals surface area contributed by atoms with E-state index in [4.69, 9.17) is 0 Å². The number of thioether (sulfide) groups is 1. The minimum atomic E-state index is -0.811. The Morgan fingerprint density at radius 2 is 1.33 bits per heavy atom. The van der Waals surface area contributed by atoms with Gasteiger partial charge in [0.2, 0.25) is 0 Å². The summed E-state index contributed by atoms with van der Waals surface area (Å²) < 4.78 is 0. The molecule has 27 heavy (non-hydrogen) atoms. The minimum Gasteiger partial charge on any atom is -0.337 e. The zero-order chi connectivity index (χ0) is 22.1. The molecule has 6 heteroatoms. The molecule has 166 valence electrons. The third-order valence-electron chi connectivity index (χ3n) is 3.35. The van der Waals surface area contributed by atoms with Gasteiger partial charge in [-0.05, 0) is 52.2 Å². The maximum Gasteiger partial charge on any atom is 0.315 e. The van der Waals surface area contributed by atoms with Crippen LogP contribution in [0.5, 0.6) is 0 Å². The standard InChI is InChI=1S/C15H31N3O2S.3C2H6/c1-13(19)15(2,3)18-14(20)17-11-10-16-9-7-5-6-8-12-21-4;3*1-2/h16H,5-12H2,1-4H3,(H2,17,18,20);3*1-2H3. The van der Waals surface area contributed by atoms with Crippen LogP contribution in [0, 0.1) is 0 Å². The Balaban J connectivity index is -0.000000397. The van der Waals surface area contributed by atoms with Crippen LogP contribution in [-0.4, -0.2) is 49.0 Å². The number of hydrogen-bond donors (Lipinski definition) is 3. The highest BCUT2D eigenvalue weighted by Gasteiger charge is 2.25. The summed E-state index contributed by atoms with van der Waals surface area (Å²) in [7, 11) is 0. The van der Waals surface area contributed by atoms with Crippen LogP contribution in [0.4, 0.5) is 4.79 Å². The Bertz CT molecular complexity index is 312. The fraction of sp³-hybridized carbons (Fsp3) is 0.905. The van der Waals surface area contributed by atoms with Crippen molar-refractivity contribution in [2.24, 2.45) is 0 Å². The zero-order valence-corrected chi connectivity index (χ0v) is 20.7. The van der Waals surface area contributed by atoms with Gasteiger partial charge in [-0.25, -0.2) is 4.79 Å². The van der Waals surface area contributed by atoms with E-state index in [-0.39, 0.29) is 11.8 Å². The summed E-state index contributed by atoms with van der Waals surface area (Å²) in [6, 6.07) is -0.297. The van der Waals surface area contributed by atoms with Crippen molar-refractivity contribution in [1.82, 2.24) is 16.0 Å². The molecule has 0 fully saturated rings. The van der Waals surface area contributed by atoms with Crippen molar-refractivity contribution >= 4 is 23.6 Å². The maximum atomic E-state index is 11.6. The fourth-order valence-corrected chi connectivity index (χ4v) is 2.15. The highest BCUT2D eigenvalue weighted by atomic mass is 32.2. The van der Waals surface area contributed by atoms with Gasteiger partial charge in [0, 0.05) is 13.1 Å². The predicted molar refractivity (Wildman–Crippen MR) is 125 cm³/mol. The SMILES string of the molecule is CC.CC.CC.CSCCCCCCNCCNC(=O)NC(C)(C)C(C)=O. The Hall–Kier alpha value is -0.750. The molecule has 2 amide bonds. The fourth-order valence-electron chi connectivity index (χ4n) is 1.66. The van der Waals surface area contributed by atoms with Gasteiger partial charge in [-0.3, -0.25) is 4.79 Å². The van der Waals surface area contributed by atoms with Crippen LogP contribution < -0.4 is 16.0 Å². The first-order chi connectivity index (χ1) is 12.9. The quantitative estimate of drug-likeness (QED) is 0.387. The number of amides is 2. The van der Waals surface area contributed by atoms with Gasteiger partial charge in [0.1, 0.15) is 0 Å². The van der Waals surface area contributed by atoms with E-state index in [0.29, 0.717) is 6.54 Å². The maximum absolute atomic E-state index is 11.6. The molecule has 0 aliphatic heterocycles. The van der Waals surface area contributed by atoms with Crippen molar-refractivity contribution in [2.75, 3.05) is 31.6 Å². The van der Waals surface area contributed by atoms with Crippen molar-refractivity contribution in [2.45, 2.75) is 93.5 Å². The number of urea groups is 1. The number of carbonyl (C=O) groups is 2. The molecule has 0 spiro atoms. The molecule has 0 heterocycles. The van der Waals surface area contributed by atoms with Crippen molar-refractivity contribution in [3.8, 4) is 0 Å². The predicted octanol–water partition coefficient (Wildman–Crippen LogP) is 5.24. The summed E-state index contributed by atoms with van der Waals surface area (Å²) >= 11 is 1.90. The summed E-state index contributed by atoms with van der Waals surface area (Å²) in [5, 5.41) is 8.70. The lowest BCUT2D eigenvalue weighted by atomic mass is 10.0. The second-order valence-electron chi connectivity index (χ2n) is 5.72. The zero-order valence-electron chi connectivity index (χ0n) is 19.9. The van der Waals surface area contributed by atoms with Crippen molar-refractivity contribution in [3.05, 3.63) is 0 Å². The van der Waals surface area contributed by atoms with Gasteiger partial charge in [-0.2, -0.15) is 11.8 Å². The lowest BCUT2D eigenvalue weighted by Crippen LogP contribution is -2.53. The molecule has 5 nitrogen and oxygen atoms in total. The van der Waals surface area contributed by atoms with E-state index < -0.39 is 5.54 Å². The number of Topliss-reactive ketones (excluding diaryl/α,β-unsaturated/α-hetero) is 1. The Morgan fingerprint density at radius 3 is 1.81 bits per heavy atom. The second kappa shape index (κ2) is 27.5. The minimum absolute atomic E-state index is 0.0581. The highest BCUT2D eigenvalue weighted by Crippen LogP contribution is 2.04. The van der Waals surface area contributed by atoms with Crippen LogP contribution in [0.25, 0.3) is 0 Å². The van der Waals surface area contributed by atoms with E-state index in [2.05, 4.69) is 22.2 Å². The molecule has 0 atom stereocenters. The van der Waals surface area contributed by atoms with Crippen molar-refractivity contribution in [1.29, 1.82) is 0 Å². The summed E-state index contributed by atoms with van der Waals surface area (Å²) in [6.07, 6.45) is 7.17. The van der Waals surface area contributed by atoms with Crippen LogP contribution in [0.3, 0.4) is 0 Å². The Kier molecular flexibility index (Phi) is 34.4. The number of ketones is 1. The summed E-state index contributed by atoms with van der Waals surface area (Å²) in [5.41, 5.74) is -0.811. The lowest BCUT2D eigenvalue weighted by Gasteiger charge is -2.23. The number of unbranched alkanes of at least 4 members (excludes halogenated alkanes) is 3. The molecule has 0 aliphatic carbocycles. The smallest absolute Gasteiger partial charge is 0.315 e. The molecule has 0 saturated heterocycles. The number of nitrogens with one attached hydrogen (secondary N) is 3. The van der Waals surface area contributed by atoms with Gasteiger partial charge >= 0.3 is 6.03 Å². The molecule has 0 aromatic carbocycles. The first-order valence-corrected chi connectivity index (χ1v) is 12.1. The molecular weight excluding hydrogens is 358 g/mol. The molecule has 0 bridgehead atoms. The third-order valence-corrected chi connectivity index (χ3v) is 4.04. The molecule has 0 aliphatic rings. The summed E-state index contributed by atoms with van der Waals surface area (Å²) in [5.74, 6) is 1.19. The van der Waals surface area contributed by atoms with Gasteiger partial charge in [-0.15, -0.1) is 0 Å². The monoisotopic (exact) mass is 407 g/mol. The topological polar surface area (TPSA) is 70.2 Å². The molecule has 0 aromatic heterocycles. The average Bonchev–Trinajstić information content (AvgIpc) is 2.67. The van der Waals surface area contributed by atoms with Crippen molar-refractivity contribution < 1.29 is 9.59 Å². The van der Waals surface area contributed by atoms with Gasteiger partial charge in [0.25, 0.3) is 0 Å². The highest BCUT2D eigenvalue weighted by molar-refractivity contribution is 7.98. The molecule has 0 rings (SSSR count). The number of carbonyl (C=O) groups excluding carboxylic acids is 2. The molecule has 0 saturated carbocycles. The summed E-state index contributed by atoms with van der Waals surface area (Å²) in [4.78, 5) is 22.9. The van der Waals surface area contributed by atoms with Crippen LogP contribution in [0.2, 0.25) is 0 Å².